The zero-order valence-electron chi connectivity index (χ0n) is 9.76. The van der Waals surface area contributed by atoms with Crippen LogP contribution >= 0.6 is 23.2 Å². The number of nitrogens with one attached hydrogen (secondary N) is 1. The molecule has 2 N–H and O–H groups in total. The summed E-state index contributed by atoms with van der Waals surface area (Å²) in [7, 11) is -3.03. The molecule has 0 saturated heterocycles. The first-order chi connectivity index (χ1) is 8.83. The van der Waals surface area contributed by atoms with E-state index in [2.05, 4.69) is 4.74 Å². The first-order valence-electron chi connectivity index (χ1n) is 4.98. The van der Waals surface area contributed by atoms with Crippen molar-refractivity contribution >= 4 is 39.2 Å². The molecule has 9 heteroatoms. The third kappa shape index (κ3) is 3.80. The van der Waals surface area contributed by atoms with Crippen LogP contribution in [0.4, 0.5) is 0 Å². The maximum absolute atomic E-state index is 12.0. The highest BCUT2D eigenvalue weighted by Crippen LogP contribution is 2.28. The molecule has 0 bridgehead atoms. The van der Waals surface area contributed by atoms with Gasteiger partial charge in [-0.25, -0.2) is 8.42 Å². The predicted octanol–water partition coefficient (Wildman–Crippen LogP) is 0.806. The van der Waals surface area contributed by atoms with E-state index < -0.39 is 28.6 Å². The van der Waals surface area contributed by atoms with Gasteiger partial charge in [-0.3, -0.25) is 4.79 Å². The number of aliphatic hydroxyl groups excluding tert-OH is 1. The van der Waals surface area contributed by atoms with Crippen LogP contribution in [-0.4, -0.2) is 39.3 Å². The molecule has 1 aromatic rings. The van der Waals surface area contributed by atoms with Crippen molar-refractivity contribution in [2.45, 2.75) is 10.9 Å². The summed E-state index contributed by atoms with van der Waals surface area (Å²) in [4.78, 5) is 10.9. The van der Waals surface area contributed by atoms with E-state index in [1.807, 2.05) is 4.72 Å². The van der Waals surface area contributed by atoms with Crippen LogP contribution in [0.2, 0.25) is 10.0 Å². The summed E-state index contributed by atoms with van der Waals surface area (Å²) in [6.07, 6.45) is 0. The third-order valence-corrected chi connectivity index (χ3v) is 4.62. The average Bonchev–Trinajstić information content (AvgIpc) is 2.38. The number of aliphatic hydroxyl groups is 1. The maximum Gasteiger partial charge on any atom is 0.326 e. The second-order valence-corrected chi connectivity index (χ2v) is 5.90. The van der Waals surface area contributed by atoms with Crippen molar-refractivity contribution in [2.75, 3.05) is 13.7 Å². The number of benzene rings is 1. The van der Waals surface area contributed by atoms with Crippen LogP contribution in [0.5, 0.6) is 0 Å². The van der Waals surface area contributed by atoms with Crippen LogP contribution < -0.4 is 4.72 Å². The van der Waals surface area contributed by atoms with E-state index in [0.717, 1.165) is 7.11 Å². The van der Waals surface area contributed by atoms with Gasteiger partial charge < -0.3 is 9.84 Å². The number of carbonyl (C=O) groups excluding carboxylic acids is 1. The van der Waals surface area contributed by atoms with Crippen LogP contribution in [0.15, 0.2) is 23.1 Å². The lowest BCUT2D eigenvalue weighted by molar-refractivity contribution is -0.143. The van der Waals surface area contributed by atoms with Crippen LogP contribution in [0.25, 0.3) is 0 Å². The van der Waals surface area contributed by atoms with Crippen molar-refractivity contribution in [3.63, 3.8) is 0 Å². The van der Waals surface area contributed by atoms with Crippen LogP contribution in [0, 0.1) is 0 Å². The second-order valence-electron chi connectivity index (χ2n) is 3.43. The van der Waals surface area contributed by atoms with Gasteiger partial charge in [-0.1, -0.05) is 29.3 Å². The molecule has 0 aromatic heterocycles. The molecule has 1 unspecified atom stereocenters. The Bertz CT molecular complexity index is 575. The van der Waals surface area contributed by atoms with Gasteiger partial charge in [-0.15, -0.1) is 0 Å². The first kappa shape index (κ1) is 16.2. The molecule has 0 aliphatic rings. The summed E-state index contributed by atoms with van der Waals surface area (Å²) in [5.74, 6) is -0.913. The Kier molecular flexibility index (Phi) is 5.57. The van der Waals surface area contributed by atoms with Crippen molar-refractivity contribution in [1.82, 2.24) is 4.72 Å². The molecular weight excluding hydrogens is 317 g/mol. The van der Waals surface area contributed by atoms with E-state index in [9.17, 15) is 13.2 Å². The molecule has 1 rings (SSSR count). The minimum atomic E-state index is -4.11. The number of rotatable bonds is 5. The Morgan fingerprint density at radius 2 is 2.11 bits per heavy atom. The monoisotopic (exact) mass is 327 g/mol. The standard InChI is InChI=1S/C10H11Cl2NO5S/c1-18-10(15)7(5-14)13-19(16,17)8-4-2-3-6(11)9(8)12/h2-4,7,13-14H,5H2,1H3. The quantitative estimate of drug-likeness (QED) is 0.780. The summed E-state index contributed by atoms with van der Waals surface area (Å²) in [5, 5.41) is 8.87. The largest absolute Gasteiger partial charge is 0.468 e. The molecule has 106 valence electrons. The third-order valence-electron chi connectivity index (χ3n) is 2.17. The highest BCUT2D eigenvalue weighted by molar-refractivity contribution is 7.89. The highest BCUT2D eigenvalue weighted by atomic mass is 35.5. The molecule has 6 nitrogen and oxygen atoms in total. The summed E-state index contributed by atoms with van der Waals surface area (Å²) < 4.78 is 30.4. The van der Waals surface area contributed by atoms with Gasteiger partial charge in [0.15, 0.2) is 0 Å². The summed E-state index contributed by atoms with van der Waals surface area (Å²) in [6.45, 7) is -0.746. The van der Waals surface area contributed by atoms with Gasteiger partial charge in [0.1, 0.15) is 10.9 Å². The Morgan fingerprint density at radius 1 is 1.47 bits per heavy atom. The molecule has 0 heterocycles. The van der Waals surface area contributed by atoms with Gasteiger partial charge in [-0.05, 0) is 12.1 Å². The molecule has 0 fully saturated rings. The van der Waals surface area contributed by atoms with Gasteiger partial charge >= 0.3 is 5.97 Å². The molecule has 0 aliphatic carbocycles. The summed E-state index contributed by atoms with van der Waals surface area (Å²) in [5.41, 5.74) is 0. The minimum absolute atomic E-state index is 0.0585. The van der Waals surface area contributed by atoms with E-state index >= 15 is 0 Å². The van der Waals surface area contributed by atoms with Gasteiger partial charge in [0.25, 0.3) is 0 Å². The zero-order chi connectivity index (χ0) is 14.6. The lowest BCUT2D eigenvalue weighted by Gasteiger charge is -2.15. The topological polar surface area (TPSA) is 92.7 Å². The van der Waals surface area contributed by atoms with Gasteiger partial charge in [0, 0.05) is 0 Å². The predicted molar refractivity (Wildman–Crippen MR) is 69.7 cm³/mol. The van der Waals surface area contributed by atoms with E-state index in [4.69, 9.17) is 28.3 Å². The number of methoxy groups -OCH3 is 1. The lowest BCUT2D eigenvalue weighted by Crippen LogP contribution is -2.44. The van der Waals surface area contributed by atoms with Crippen molar-refractivity contribution in [3.8, 4) is 0 Å². The number of carbonyl (C=O) groups is 1. The van der Waals surface area contributed by atoms with Crippen molar-refractivity contribution in [2.24, 2.45) is 0 Å². The average molecular weight is 328 g/mol. The van der Waals surface area contributed by atoms with Crippen molar-refractivity contribution in [1.29, 1.82) is 0 Å². The van der Waals surface area contributed by atoms with Crippen LogP contribution in [0.3, 0.4) is 0 Å². The second kappa shape index (κ2) is 6.53. The number of esters is 1. The molecule has 19 heavy (non-hydrogen) atoms. The number of hydrogen-bond donors (Lipinski definition) is 2. The molecule has 0 saturated carbocycles. The number of hydrogen-bond acceptors (Lipinski definition) is 5. The van der Waals surface area contributed by atoms with Gasteiger partial charge in [-0.2, -0.15) is 4.72 Å². The fourth-order valence-corrected chi connectivity index (χ4v) is 3.18. The number of ether oxygens (including phenoxy) is 1. The van der Waals surface area contributed by atoms with E-state index in [1.165, 1.54) is 18.2 Å². The van der Waals surface area contributed by atoms with E-state index in [1.54, 1.807) is 0 Å². The first-order valence-corrected chi connectivity index (χ1v) is 7.22. The Balaban J connectivity index is 3.11. The Labute approximate surface area is 120 Å². The molecule has 0 amide bonds. The molecule has 1 aromatic carbocycles. The van der Waals surface area contributed by atoms with Crippen LogP contribution in [-0.2, 0) is 19.6 Å². The van der Waals surface area contributed by atoms with E-state index in [0.29, 0.717) is 0 Å². The normalized spacial score (nSPS) is 13.1. The molecule has 0 spiro atoms. The lowest BCUT2D eigenvalue weighted by atomic mass is 10.3. The Morgan fingerprint density at radius 3 is 2.63 bits per heavy atom. The number of sulfonamides is 1. The summed E-state index contributed by atoms with van der Waals surface area (Å²) >= 11 is 11.5. The van der Waals surface area contributed by atoms with Gasteiger partial charge in [0.05, 0.1) is 23.8 Å². The maximum atomic E-state index is 12.0. The Hall–Kier alpha value is -0.860. The molecule has 0 aliphatic heterocycles. The van der Waals surface area contributed by atoms with Crippen LogP contribution in [0.1, 0.15) is 0 Å². The van der Waals surface area contributed by atoms with E-state index in [-0.39, 0.29) is 14.9 Å². The molecule has 0 radical (unpaired) electrons. The molecular formula is C10H11Cl2NO5S. The smallest absolute Gasteiger partial charge is 0.326 e. The SMILES string of the molecule is COC(=O)C(CO)NS(=O)(=O)c1cccc(Cl)c1Cl. The zero-order valence-corrected chi connectivity index (χ0v) is 12.1. The van der Waals surface area contributed by atoms with Crippen molar-refractivity contribution < 1.29 is 23.1 Å². The summed E-state index contributed by atoms with van der Waals surface area (Å²) in [6, 6.07) is 2.63. The fraction of sp³-hybridized carbons (Fsp3) is 0.300. The fourth-order valence-electron chi connectivity index (χ4n) is 1.24. The molecule has 1 atom stereocenters. The van der Waals surface area contributed by atoms with Gasteiger partial charge in [0.2, 0.25) is 10.0 Å². The number of halogens is 2. The van der Waals surface area contributed by atoms with Crippen molar-refractivity contribution in [3.05, 3.63) is 28.2 Å². The minimum Gasteiger partial charge on any atom is -0.468 e. The highest BCUT2D eigenvalue weighted by Gasteiger charge is 2.27.